The second kappa shape index (κ2) is 6.44. The van der Waals surface area contributed by atoms with Gasteiger partial charge in [0, 0.05) is 11.8 Å². The molecule has 0 aromatic carbocycles. The van der Waals surface area contributed by atoms with Gasteiger partial charge in [-0.15, -0.1) is 11.3 Å². The maximum absolute atomic E-state index is 14.5. The number of rotatable bonds is 6. The minimum Gasteiger partial charge on any atom is -0.463 e. The van der Waals surface area contributed by atoms with Crippen molar-refractivity contribution in [2.24, 2.45) is 0 Å². The molecule has 0 atom stereocenters. The van der Waals surface area contributed by atoms with Crippen molar-refractivity contribution in [3.63, 3.8) is 0 Å². The first kappa shape index (κ1) is 14.6. The predicted octanol–water partition coefficient (Wildman–Crippen LogP) is 1.52. The van der Waals surface area contributed by atoms with Crippen LogP contribution in [0, 0.1) is 0 Å². The van der Waals surface area contributed by atoms with Gasteiger partial charge in [0.05, 0.1) is 24.4 Å². The first-order valence-corrected chi connectivity index (χ1v) is 6.39. The zero-order valence-corrected chi connectivity index (χ0v) is 11.0. The molecule has 0 aliphatic rings. The fourth-order valence-electron chi connectivity index (χ4n) is 1.29. The summed E-state index contributed by atoms with van der Waals surface area (Å²) in [4.78, 5) is 27.0. The van der Waals surface area contributed by atoms with Gasteiger partial charge in [-0.2, -0.15) is 0 Å². The number of ether oxygens (including phenoxy) is 2. The van der Waals surface area contributed by atoms with Crippen molar-refractivity contribution in [1.29, 1.82) is 0 Å². The molecule has 7 heteroatoms. The molecule has 0 unspecified atom stereocenters. The predicted molar refractivity (Wildman–Crippen MR) is 62.9 cm³/mol. The number of carbonyl (C=O) groups is 2. The van der Waals surface area contributed by atoms with Crippen molar-refractivity contribution < 1.29 is 23.5 Å². The summed E-state index contributed by atoms with van der Waals surface area (Å²) in [5.41, 5.74) is -1.03. The topological polar surface area (TPSA) is 65.5 Å². The molecule has 18 heavy (non-hydrogen) atoms. The summed E-state index contributed by atoms with van der Waals surface area (Å²) in [6.07, 6.45) is -0.478. The summed E-state index contributed by atoms with van der Waals surface area (Å²) in [6.45, 7) is 3.04. The van der Waals surface area contributed by atoms with Gasteiger partial charge in [0.15, 0.2) is 0 Å². The second-order valence-electron chi connectivity index (χ2n) is 3.40. The normalized spacial score (nSPS) is 11.1. The third kappa shape index (κ3) is 3.25. The first-order chi connectivity index (χ1) is 8.54. The summed E-state index contributed by atoms with van der Waals surface area (Å²) in [7, 11) is 0. The average Bonchev–Trinajstić information content (AvgIpc) is 2.82. The SMILES string of the molecule is CCOC(=O)C(F)(Cc1cscn1)C(=O)OCC. The molecule has 0 amide bonds. The molecule has 5 nitrogen and oxygen atoms in total. The Morgan fingerprint density at radius 2 is 1.89 bits per heavy atom. The van der Waals surface area contributed by atoms with Crippen LogP contribution in [0.15, 0.2) is 10.9 Å². The molecule has 1 aromatic rings. The van der Waals surface area contributed by atoms with Crippen LogP contribution in [0.25, 0.3) is 0 Å². The highest BCUT2D eigenvalue weighted by Crippen LogP contribution is 2.22. The van der Waals surface area contributed by atoms with Gasteiger partial charge in [-0.3, -0.25) is 0 Å². The maximum Gasteiger partial charge on any atom is 0.356 e. The highest BCUT2D eigenvalue weighted by Gasteiger charge is 2.50. The van der Waals surface area contributed by atoms with E-state index in [0.717, 1.165) is 0 Å². The lowest BCUT2D eigenvalue weighted by molar-refractivity contribution is -0.174. The molecule has 0 spiro atoms. The van der Waals surface area contributed by atoms with Crippen LogP contribution in [0.5, 0.6) is 0 Å². The fraction of sp³-hybridized carbons (Fsp3) is 0.545. The van der Waals surface area contributed by atoms with Crippen LogP contribution in [0.4, 0.5) is 4.39 Å². The third-order valence-corrected chi connectivity index (χ3v) is 2.74. The molecule has 0 aliphatic heterocycles. The summed E-state index contributed by atoms with van der Waals surface area (Å²) in [5.74, 6) is -2.48. The summed E-state index contributed by atoms with van der Waals surface area (Å²) >= 11 is 1.25. The number of thiazole rings is 1. The zero-order chi connectivity index (χ0) is 13.6. The molecule has 0 saturated heterocycles. The standard InChI is InChI=1S/C11H14FNO4S/c1-3-16-9(14)11(12,10(15)17-4-2)5-8-6-18-7-13-8/h6-7H,3-5H2,1-2H3. The molecule has 0 aliphatic carbocycles. The number of aromatic nitrogens is 1. The van der Waals surface area contributed by atoms with Crippen LogP contribution < -0.4 is 0 Å². The quantitative estimate of drug-likeness (QED) is 0.581. The van der Waals surface area contributed by atoms with Crippen LogP contribution in [0.2, 0.25) is 0 Å². The van der Waals surface area contributed by atoms with E-state index in [4.69, 9.17) is 0 Å². The van der Waals surface area contributed by atoms with E-state index in [1.54, 1.807) is 5.38 Å². The van der Waals surface area contributed by atoms with Crippen molar-refractivity contribution in [1.82, 2.24) is 4.98 Å². The average molecular weight is 275 g/mol. The molecule has 0 bridgehead atoms. The largest absolute Gasteiger partial charge is 0.463 e. The Morgan fingerprint density at radius 1 is 1.33 bits per heavy atom. The van der Waals surface area contributed by atoms with Gasteiger partial charge < -0.3 is 9.47 Å². The van der Waals surface area contributed by atoms with Gasteiger partial charge in [-0.05, 0) is 13.8 Å². The van der Waals surface area contributed by atoms with Crippen molar-refractivity contribution in [2.75, 3.05) is 13.2 Å². The molecular weight excluding hydrogens is 261 g/mol. The van der Waals surface area contributed by atoms with E-state index in [-0.39, 0.29) is 13.2 Å². The van der Waals surface area contributed by atoms with E-state index in [9.17, 15) is 14.0 Å². The lowest BCUT2D eigenvalue weighted by Crippen LogP contribution is -2.47. The minimum atomic E-state index is -2.83. The number of hydrogen-bond donors (Lipinski definition) is 0. The molecule has 1 aromatic heterocycles. The lowest BCUT2D eigenvalue weighted by atomic mass is 10.0. The van der Waals surface area contributed by atoms with Crippen molar-refractivity contribution in [2.45, 2.75) is 25.9 Å². The van der Waals surface area contributed by atoms with Crippen molar-refractivity contribution >= 4 is 23.3 Å². The van der Waals surface area contributed by atoms with E-state index in [2.05, 4.69) is 14.5 Å². The number of carbonyl (C=O) groups excluding carboxylic acids is 2. The summed E-state index contributed by atoms with van der Waals surface area (Å²) in [6, 6.07) is 0. The van der Waals surface area contributed by atoms with Gasteiger partial charge in [-0.1, -0.05) is 0 Å². The smallest absolute Gasteiger partial charge is 0.356 e. The van der Waals surface area contributed by atoms with Crippen molar-refractivity contribution in [3.8, 4) is 0 Å². The number of alkyl halides is 1. The van der Waals surface area contributed by atoms with E-state index < -0.39 is 24.0 Å². The van der Waals surface area contributed by atoms with Gasteiger partial charge in [0.25, 0.3) is 0 Å². The maximum atomic E-state index is 14.5. The summed E-state index contributed by atoms with van der Waals surface area (Å²) in [5, 5.41) is 1.56. The summed E-state index contributed by atoms with van der Waals surface area (Å²) < 4.78 is 23.7. The molecule has 1 rings (SSSR count). The van der Waals surface area contributed by atoms with Crippen LogP contribution in [0.1, 0.15) is 19.5 Å². The van der Waals surface area contributed by atoms with Gasteiger partial charge in [-0.25, -0.2) is 19.0 Å². The van der Waals surface area contributed by atoms with E-state index in [1.807, 2.05) is 0 Å². The lowest BCUT2D eigenvalue weighted by Gasteiger charge is -2.20. The van der Waals surface area contributed by atoms with Crippen LogP contribution in [-0.4, -0.2) is 35.8 Å². The van der Waals surface area contributed by atoms with Gasteiger partial charge >= 0.3 is 17.6 Å². The van der Waals surface area contributed by atoms with E-state index in [1.165, 1.54) is 30.7 Å². The Labute approximate surface area is 108 Å². The van der Waals surface area contributed by atoms with Crippen LogP contribution in [0.3, 0.4) is 0 Å². The number of halogens is 1. The van der Waals surface area contributed by atoms with Crippen molar-refractivity contribution in [3.05, 3.63) is 16.6 Å². The van der Waals surface area contributed by atoms with Gasteiger partial charge in [0.2, 0.25) is 0 Å². The number of esters is 2. The Bertz CT molecular complexity index is 389. The Morgan fingerprint density at radius 3 is 2.28 bits per heavy atom. The zero-order valence-electron chi connectivity index (χ0n) is 10.1. The Balaban J connectivity index is 2.92. The number of nitrogens with zero attached hydrogens (tertiary/aromatic N) is 1. The fourth-order valence-corrected chi connectivity index (χ4v) is 1.85. The Kier molecular flexibility index (Phi) is 5.21. The number of hydrogen-bond acceptors (Lipinski definition) is 6. The molecule has 100 valence electrons. The molecule has 1 heterocycles. The minimum absolute atomic E-state index is 0.0129. The van der Waals surface area contributed by atoms with Crippen LogP contribution >= 0.6 is 11.3 Å². The second-order valence-corrected chi connectivity index (χ2v) is 4.12. The van der Waals surface area contributed by atoms with Gasteiger partial charge in [0.1, 0.15) is 0 Å². The van der Waals surface area contributed by atoms with Crippen LogP contribution in [-0.2, 0) is 25.5 Å². The third-order valence-electron chi connectivity index (χ3n) is 2.11. The van der Waals surface area contributed by atoms with E-state index in [0.29, 0.717) is 5.69 Å². The highest BCUT2D eigenvalue weighted by molar-refractivity contribution is 7.07. The van der Waals surface area contributed by atoms with E-state index >= 15 is 0 Å². The monoisotopic (exact) mass is 275 g/mol. The molecule has 0 fully saturated rings. The first-order valence-electron chi connectivity index (χ1n) is 5.45. The molecule has 0 saturated carbocycles. The molecular formula is C11H14FNO4S. The molecule has 0 radical (unpaired) electrons. The molecule has 0 N–H and O–H groups in total. The Hall–Kier alpha value is -1.50. The highest BCUT2D eigenvalue weighted by atomic mass is 32.1.